The third-order valence-corrected chi connectivity index (χ3v) is 4.46. The lowest BCUT2D eigenvalue weighted by molar-refractivity contribution is 0.580. The van der Waals surface area contributed by atoms with E-state index in [9.17, 15) is 0 Å². The standard InChI is InChI=1S/C16H9ClN2OS/c17-16-18-11(13-5-3-7-20-13)9-12(19-16)15-8-10-4-1-2-6-14(10)21-15/h1-9H. The first-order valence-electron chi connectivity index (χ1n) is 6.37. The van der Waals surface area contributed by atoms with Gasteiger partial charge in [0.15, 0.2) is 5.76 Å². The van der Waals surface area contributed by atoms with E-state index in [2.05, 4.69) is 28.2 Å². The normalized spacial score (nSPS) is 11.1. The van der Waals surface area contributed by atoms with E-state index in [-0.39, 0.29) is 5.28 Å². The lowest BCUT2D eigenvalue weighted by Gasteiger charge is -2.01. The Labute approximate surface area is 129 Å². The highest BCUT2D eigenvalue weighted by molar-refractivity contribution is 7.22. The minimum absolute atomic E-state index is 0.219. The highest BCUT2D eigenvalue weighted by Gasteiger charge is 2.11. The molecular formula is C16H9ClN2OS. The summed E-state index contributed by atoms with van der Waals surface area (Å²) < 4.78 is 6.60. The van der Waals surface area contributed by atoms with Crippen molar-refractivity contribution in [2.24, 2.45) is 0 Å². The van der Waals surface area contributed by atoms with Gasteiger partial charge in [0.1, 0.15) is 5.69 Å². The molecule has 3 aromatic heterocycles. The topological polar surface area (TPSA) is 38.9 Å². The fraction of sp³-hybridized carbons (Fsp3) is 0. The quantitative estimate of drug-likeness (QED) is 0.473. The van der Waals surface area contributed by atoms with E-state index in [1.165, 1.54) is 10.1 Å². The molecule has 4 aromatic rings. The Hall–Kier alpha value is -2.17. The fourth-order valence-corrected chi connectivity index (χ4v) is 3.41. The second kappa shape index (κ2) is 4.98. The average molecular weight is 313 g/mol. The minimum atomic E-state index is 0.219. The number of hydrogen-bond donors (Lipinski definition) is 0. The number of aromatic nitrogens is 2. The van der Waals surface area contributed by atoms with E-state index in [1.807, 2.05) is 30.3 Å². The van der Waals surface area contributed by atoms with E-state index < -0.39 is 0 Å². The largest absolute Gasteiger partial charge is 0.463 e. The molecule has 5 heteroatoms. The van der Waals surface area contributed by atoms with Crippen molar-refractivity contribution in [3.63, 3.8) is 0 Å². The van der Waals surface area contributed by atoms with Crippen LogP contribution in [-0.4, -0.2) is 9.97 Å². The van der Waals surface area contributed by atoms with E-state index in [4.69, 9.17) is 16.0 Å². The number of fused-ring (bicyclic) bond motifs is 1. The highest BCUT2D eigenvalue weighted by atomic mass is 35.5. The lowest BCUT2D eigenvalue weighted by Crippen LogP contribution is -1.89. The second-order valence-electron chi connectivity index (χ2n) is 4.53. The van der Waals surface area contributed by atoms with Gasteiger partial charge in [-0.05, 0) is 47.3 Å². The molecule has 1 aromatic carbocycles. The van der Waals surface area contributed by atoms with Crippen LogP contribution >= 0.6 is 22.9 Å². The molecule has 3 heterocycles. The van der Waals surface area contributed by atoms with Gasteiger partial charge in [-0.25, -0.2) is 9.97 Å². The van der Waals surface area contributed by atoms with Gasteiger partial charge in [0.25, 0.3) is 0 Å². The highest BCUT2D eigenvalue weighted by Crippen LogP contribution is 2.34. The van der Waals surface area contributed by atoms with Crippen LogP contribution in [0.5, 0.6) is 0 Å². The van der Waals surface area contributed by atoms with Gasteiger partial charge < -0.3 is 4.42 Å². The predicted octanol–water partition coefficient (Wildman–Crippen LogP) is 5.27. The summed E-state index contributed by atoms with van der Waals surface area (Å²) in [7, 11) is 0. The fourth-order valence-electron chi connectivity index (χ4n) is 2.20. The van der Waals surface area contributed by atoms with Gasteiger partial charge in [-0.3, -0.25) is 0 Å². The first kappa shape index (κ1) is 12.6. The number of hydrogen-bond acceptors (Lipinski definition) is 4. The summed E-state index contributed by atoms with van der Waals surface area (Å²) in [6.45, 7) is 0. The molecule has 0 fully saturated rings. The molecule has 3 nitrogen and oxygen atoms in total. The van der Waals surface area contributed by atoms with Crippen molar-refractivity contribution >= 4 is 33.0 Å². The molecule has 0 saturated heterocycles. The zero-order chi connectivity index (χ0) is 14.2. The molecule has 0 aliphatic carbocycles. The summed E-state index contributed by atoms with van der Waals surface area (Å²) in [4.78, 5) is 9.62. The number of thiophene rings is 1. The second-order valence-corrected chi connectivity index (χ2v) is 5.96. The summed E-state index contributed by atoms with van der Waals surface area (Å²) in [5, 5.41) is 1.42. The summed E-state index contributed by atoms with van der Waals surface area (Å²) in [6, 6.07) is 15.9. The summed E-state index contributed by atoms with van der Waals surface area (Å²) in [5.74, 6) is 0.682. The molecule has 21 heavy (non-hydrogen) atoms. The Kier molecular flexibility index (Phi) is 2.98. The molecule has 0 aliphatic heterocycles. The third kappa shape index (κ3) is 2.33. The van der Waals surface area contributed by atoms with Crippen molar-refractivity contribution < 1.29 is 4.42 Å². The zero-order valence-electron chi connectivity index (χ0n) is 10.8. The SMILES string of the molecule is Clc1nc(-c2ccco2)cc(-c2cc3ccccc3s2)n1. The van der Waals surface area contributed by atoms with Crippen LogP contribution in [0.25, 0.3) is 32.1 Å². The molecule has 4 rings (SSSR count). The van der Waals surface area contributed by atoms with Crippen molar-refractivity contribution in [2.75, 3.05) is 0 Å². The lowest BCUT2D eigenvalue weighted by atomic mass is 10.2. The first-order valence-corrected chi connectivity index (χ1v) is 7.56. The molecule has 0 bridgehead atoms. The van der Waals surface area contributed by atoms with Crippen LogP contribution in [0.1, 0.15) is 0 Å². The predicted molar refractivity (Wildman–Crippen MR) is 85.6 cm³/mol. The molecule has 0 radical (unpaired) electrons. The van der Waals surface area contributed by atoms with E-state index in [0.717, 1.165) is 10.6 Å². The number of benzene rings is 1. The molecule has 0 saturated carbocycles. The maximum atomic E-state index is 6.06. The van der Waals surface area contributed by atoms with Crippen LogP contribution in [0, 0.1) is 0 Å². The van der Waals surface area contributed by atoms with Crippen LogP contribution in [-0.2, 0) is 0 Å². The molecule has 0 N–H and O–H groups in total. The molecule has 0 amide bonds. The average Bonchev–Trinajstić information content (AvgIpc) is 3.16. The Morgan fingerprint density at radius 3 is 2.62 bits per heavy atom. The minimum Gasteiger partial charge on any atom is -0.463 e. The van der Waals surface area contributed by atoms with Gasteiger partial charge in [-0.2, -0.15) is 0 Å². The van der Waals surface area contributed by atoms with E-state index in [0.29, 0.717) is 11.5 Å². The maximum absolute atomic E-state index is 6.06. The Morgan fingerprint density at radius 1 is 0.952 bits per heavy atom. The summed E-state index contributed by atoms with van der Waals surface area (Å²) in [6.07, 6.45) is 1.62. The third-order valence-electron chi connectivity index (χ3n) is 3.15. The van der Waals surface area contributed by atoms with Crippen molar-refractivity contribution in [3.05, 3.63) is 60.1 Å². The molecule has 0 aliphatic rings. The van der Waals surface area contributed by atoms with Crippen molar-refractivity contribution in [1.29, 1.82) is 0 Å². The molecule has 0 atom stereocenters. The van der Waals surface area contributed by atoms with E-state index >= 15 is 0 Å². The number of nitrogens with zero attached hydrogens (tertiary/aromatic N) is 2. The molecule has 0 unspecified atom stereocenters. The van der Waals surface area contributed by atoms with Gasteiger partial charge >= 0.3 is 0 Å². The van der Waals surface area contributed by atoms with Gasteiger partial charge in [-0.15, -0.1) is 11.3 Å². The Bertz CT molecular complexity index is 882. The summed E-state index contributed by atoms with van der Waals surface area (Å²) >= 11 is 7.74. The Balaban J connectivity index is 1.88. The summed E-state index contributed by atoms with van der Waals surface area (Å²) in [5.41, 5.74) is 1.50. The number of halogens is 1. The Morgan fingerprint density at radius 2 is 1.81 bits per heavy atom. The maximum Gasteiger partial charge on any atom is 0.223 e. The first-order chi connectivity index (χ1) is 10.3. The van der Waals surface area contributed by atoms with Crippen LogP contribution in [0.15, 0.2) is 59.2 Å². The van der Waals surface area contributed by atoms with Crippen molar-refractivity contribution in [3.8, 4) is 22.0 Å². The van der Waals surface area contributed by atoms with Crippen LogP contribution < -0.4 is 0 Å². The van der Waals surface area contributed by atoms with Gasteiger partial charge in [0, 0.05) is 4.70 Å². The van der Waals surface area contributed by atoms with Gasteiger partial charge in [0.2, 0.25) is 5.28 Å². The van der Waals surface area contributed by atoms with Crippen molar-refractivity contribution in [2.45, 2.75) is 0 Å². The number of rotatable bonds is 2. The molecular weight excluding hydrogens is 304 g/mol. The number of furan rings is 1. The van der Waals surface area contributed by atoms with Gasteiger partial charge in [-0.1, -0.05) is 18.2 Å². The molecule has 0 spiro atoms. The van der Waals surface area contributed by atoms with Crippen LogP contribution in [0.4, 0.5) is 0 Å². The van der Waals surface area contributed by atoms with Gasteiger partial charge in [0.05, 0.1) is 16.8 Å². The smallest absolute Gasteiger partial charge is 0.223 e. The zero-order valence-corrected chi connectivity index (χ0v) is 12.4. The van der Waals surface area contributed by atoms with E-state index in [1.54, 1.807) is 17.6 Å². The van der Waals surface area contributed by atoms with Crippen LogP contribution in [0.2, 0.25) is 5.28 Å². The van der Waals surface area contributed by atoms with Crippen LogP contribution in [0.3, 0.4) is 0 Å². The monoisotopic (exact) mass is 312 g/mol. The molecule has 102 valence electrons. The van der Waals surface area contributed by atoms with Crippen molar-refractivity contribution in [1.82, 2.24) is 9.97 Å².